The molecule has 170 valence electrons. The molecule has 2 aromatic heterocycles. The smallest absolute Gasteiger partial charge is 0.325 e. The van der Waals surface area contributed by atoms with Gasteiger partial charge in [0.15, 0.2) is 0 Å². The molecule has 0 saturated heterocycles. The Morgan fingerprint density at radius 3 is 2.36 bits per heavy atom. The van der Waals surface area contributed by atoms with E-state index in [9.17, 15) is 31.5 Å². The molecule has 4 aromatic rings. The van der Waals surface area contributed by atoms with Crippen LogP contribution in [0.3, 0.4) is 0 Å². The summed E-state index contributed by atoms with van der Waals surface area (Å²) in [6.45, 7) is 0.659. The molecular weight excluding hydrogens is 447 g/mol. The Hall–Kier alpha value is -4.02. The van der Waals surface area contributed by atoms with Gasteiger partial charge in [-0.1, -0.05) is 6.07 Å². The van der Waals surface area contributed by atoms with Crippen molar-refractivity contribution in [1.82, 2.24) is 14.3 Å². The highest BCUT2D eigenvalue weighted by molar-refractivity contribution is 5.92. The van der Waals surface area contributed by atoms with Crippen LogP contribution in [0.1, 0.15) is 11.3 Å². The van der Waals surface area contributed by atoms with Gasteiger partial charge in [-0.3, -0.25) is 14.2 Å². The van der Waals surface area contributed by atoms with Gasteiger partial charge in [0.25, 0.3) is 5.56 Å². The molecule has 0 atom stereocenters. The molecule has 0 fully saturated rings. The minimum absolute atomic E-state index is 0.0609. The molecule has 1 amide bonds. The zero-order chi connectivity index (χ0) is 23.9. The molecule has 0 unspecified atom stereocenters. The molecule has 2 aromatic carbocycles. The van der Waals surface area contributed by atoms with Crippen molar-refractivity contribution in [3.63, 3.8) is 0 Å². The van der Waals surface area contributed by atoms with Crippen LogP contribution in [0.15, 0.2) is 59.4 Å². The van der Waals surface area contributed by atoms with Crippen molar-refractivity contribution < 1.29 is 26.7 Å². The van der Waals surface area contributed by atoms with E-state index in [2.05, 4.69) is 10.4 Å². The Balaban J connectivity index is 1.90. The number of pyridine rings is 1. The van der Waals surface area contributed by atoms with Crippen LogP contribution in [0.5, 0.6) is 0 Å². The number of nitrogens with zero attached hydrogens (tertiary/aromatic N) is 3. The SMILES string of the molecule is Cc1nn(-c2cccc(F)c2)c2c1c(C(F)(F)F)cc(=O)n2CC(=O)Nc1ccc(F)cc1. The number of halogens is 5. The predicted octanol–water partition coefficient (Wildman–Crippen LogP) is 4.43. The molecule has 0 radical (unpaired) electrons. The fourth-order valence-corrected chi connectivity index (χ4v) is 3.50. The minimum Gasteiger partial charge on any atom is -0.325 e. The fraction of sp³-hybridized carbons (Fsp3) is 0.136. The summed E-state index contributed by atoms with van der Waals surface area (Å²) in [7, 11) is 0. The first kappa shape index (κ1) is 22.2. The molecular formula is C22H15F5N4O2. The van der Waals surface area contributed by atoms with Gasteiger partial charge in [0.1, 0.15) is 23.8 Å². The number of nitrogens with one attached hydrogen (secondary N) is 1. The number of anilines is 1. The van der Waals surface area contributed by atoms with Gasteiger partial charge in [-0.2, -0.15) is 18.3 Å². The first-order valence-electron chi connectivity index (χ1n) is 9.56. The van der Waals surface area contributed by atoms with E-state index < -0.39 is 41.4 Å². The van der Waals surface area contributed by atoms with E-state index in [1.54, 1.807) is 0 Å². The maximum atomic E-state index is 13.8. The van der Waals surface area contributed by atoms with Crippen LogP contribution in [0, 0.1) is 18.6 Å². The van der Waals surface area contributed by atoms with Gasteiger partial charge in [-0.15, -0.1) is 0 Å². The Labute approximate surface area is 182 Å². The van der Waals surface area contributed by atoms with Gasteiger partial charge < -0.3 is 5.32 Å². The van der Waals surface area contributed by atoms with E-state index in [-0.39, 0.29) is 28.1 Å². The molecule has 0 spiro atoms. The normalized spacial score (nSPS) is 11.7. The largest absolute Gasteiger partial charge is 0.417 e. The Kier molecular flexibility index (Phi) is 5.48. The van der Waals surface area contributed by atoms with Crippen LogP contribution in [-0.4, -0.2) is 20.3 Å². The second-order valence-electron chi connectivity index (χ2n) is 7.21. The van der Waals surface area contributed by atoms with Gasteiger partial charge in [-0.25, -0.2) is 13.5 Å². The lowest BCUT2D eigenvalue weighted by Gasteiger charge is -2.15. The zero-order valence-corrected chi connectivity index (χ0v) is 17.0. The average Bonchev–Trinajstić information content (AvgIpc) is 3.08. The van der Waals surface area contributed by atoms with E-state index >= 15 is 0 Å². The Bertz CT molecular complexity index is 1420. The number of hydrogen-bond donors (Lipinski definition) is 1. The van der Waals surface area contributed by atoms with E-state index in [0.29, 0.717) is 6.07 Å². The van der Waals surface area contributed by atoms with E-state index in [0.717, 1.165) is 33.5 Å². The summed E-state index contributed by atoms with van der Waals surface area (Å²) in [5.74, 6) is -1.93. The lowest BCUT2D eigenvalue weighted by Crippen LogP contribution is -2.30. The zero-order valence-electron chi connectivity index (χ0n) is 17.0. The number of carbonyl (C=O) groups excluding carboxylic acids is 1. The molecule has 0 saturated carbocycles. The number of aryl methyl sites for hydroxylation is 1. The summed E-state index contributed by atoms with van der Waals surface area (Å²) in [6.07, 6.45) is -4.87. The maximum absolute atomic E-state index is 13.8. The monoisotopic (exact) mass is 462 g/mol. The Morgan fingerprint density at radius 1 is 1.03 bits per heavy atom. The third kappa shape index (κ3) is 4.34. The average molecular weight is 462 g/mol. The van der Waals surface area contributed by atoms with Crippen LogP contribution in [0.4, 0.5) is 27.6 Å². The van der Waals surface area contributed by atoms with Crippen LogP contribution >= 0.6 is 0 Å². The van der Waals surface area contributed by atoms with Gasteiger partial charge in [0, 0.05) is 11.8 Å². The molecule has 11 heteroatoms. The van der Waals surface area contributed by atoms with E-state index in [1.165, 1.54) is 31.2 Å². The number of carbonyl (C=O) groups is 1. The molecule has 0 aliphatic carbocycles. The number of fused-ring (bicyclic) bond motifs is 1. The summed E-state index contributed by atoms with van der Waals surface area (Å²) in [6, 6.07) is 10.1. The lowest BCUT2D eigenvalue weighted by molar-refractivity contribution is -0.136. The molecule has 0 bridgehead atoms. The first-order chi connectivity index (χ1) is 15.5. The van der Waals surface area contributed by atoms with Gasteiger partial charge >= 0.3 is 6.18 Å². The van der Waals surface area contributed by atoms with Crippen molar-refractivity contribution in [2.75, 3.05) is 5.32 Å². The van der Waals surface area contributed by atoms with Crippen molar-refractivity contribution in [2.24, 2.45) is 0 Å². The second kappa shape index (κ2) is 8.15. The topological polar surface area (TPSA) is 68.9 Å². The standard InChI is InChI=1S/C22H15F5N4O2/c1-12-20-17(22(25,26)27)10-19(33)30(11-18(32)28-15-7-5-13(23)6-8-15)21(20)31(29-12)16-4-2-3-14(24)9-16/h2-10H,11H2,1H3,(H,28,32). The van der Waals surface area contributed by atoms with Gasteiger partial charge in [-0.05, 0) is 49.4 Å². The van der Waals surface area contributed by atoms with Crippen LogP contribution in [0.2, 0.25) is 0 Å². The third-order valence-corrected chi connectivity index (χ3v) is 4.88. The number of aromatic nitrogens is 3. The summed E-state index contributed by atoms with van der Waals surface area (Å²) in [5, 5.41) is 6.16. The molecule has 6 nitrogen and oxygen atoms in total. The Morgan fingerprint density at radius 2 is 1.73 bits per heavy atom. The van der Waals surface area contributed by atoms with Gasteiger partial charge in [0.2, 0.25) is 5.91 Å². The van der Waals surface area contributed by atoms with Crippen molar-refractivity contribution >= 4 is 22.6 Å². The van der Waals surface area contributed by atoms with Crippen molar-refractivity contribution in [2.45, 2.75) is 19.6 Å². The van der Waals surface area contributed by atoms with Crippen LogP contribution in [-0.2, 0) is 17.5 Å². The summed E-state index contributed by atoms with van der Waals surface area (Å²) >= 11 is 0. The highest BCUT2D eigenvalue weighted by Crippen LogP contribution is 2.36. The second-order valence-corrected chi connectivity index (χ2v) is 7.21. The number of benzene rings is 2. The number of hydrogen-bond acceptors (Lipinski definition) is 3. The summed E-state index contributed by atoms with van der Waals surface area (Å²) in [5.41, 5.74) is -2.38. The highest BCUT2D eigenvalue weighted by Gasteiger charge is 2.36. The van der Waals surface area contributed by atoms with Crippen molar-refractivity contribution in [3.8, 4) is 5.69 Å². The van der Waals surface area contributed by atoms with Crippen molar-refractivity contribution in [3.05, 3.63) is 87.8 Å². The maximum Gasteiger partial charge on any atom is 0.417 e. The van der Waals surface area contributed by atoms with Crippen LogP contribution in [0.25, 0.3) is 16.7 Å². The fourth-order valence-electron chi connectivity index (χ4n) is 3.50. The summed E-state index contributed by atoms with van der Waals surface area (Å²) in [4.78, 5) is 25.3. The summed E-state index contributed by atoms with van der Waals surface area (Å²) < 4.78 is 69.9. The van der Waals surface area contributed by atoms with E-state index in [1.807, 2.05) is 0 Å². The molecule has 33 heavy (non-hydrogen) atoms. The van der Waals surface area contributed by atoms with Crippen molar-refractivity contribution in [1.29, 1.82) is 0 Å². The minimum atomic E-state index is -4.87. The van der Waals surface area contributed by atoms with E-state index in [4.69, 9.17) is 0 Å². The predicted molar refractivity (Wildman–Crippen MR) is 110 cm³/mol. The van der Waals surface area contributed by atoms with Crippen LogP contribution < -0.4 is 10.9 Å². The molecule has 4 rings (SSSR count). The third-order valence-electron chi connectivity index (χ3n) is 4.88. The number of alkyl halides is 3. The van der Waals surface area contributed by atoms with Gasteiger partial charge in [0.05, 0.1) is 22.3 Å². The molecule has 0 aliphatic heterocycles. The molecule has 0 aliphatic rings. The quantitative estimate of drug-likeness (QED) is 0.457. The highest BCUT2D eigenvalue weighted by atomic mass is 19.4. The molecule has 1 N–H and O–H groups in total. The molecule has 2 heterocycles. The lowest BCUT2D eigenvalue weighted by atomic mass is 10.1. The number of rotatable bonds is 4. The number of amides is 1. The first-order valence-corrected chi connectivity index (χ1v) is 9.56.